The van der Waals surface area contributed by atoms with Gasteiger partial charge in [-0.3, -0.25) is 4.79 Å². The van der Waals surface area contributed by atoms with Crippen LogP contribution in [0.4, 0.5) is 0 Å². The summed E-state index contributed by atoms with van der Waals surface area (Å²) in [5, 5.41) is 3.54. The van der Waals surface area contributed by atoms with E-state index in [1.54, 1.807) is 0 Å². The van der Waals surface area contributed by atoms with Gasteiger partial charge in [-0.1, -0.05) is 60.1 Å². The summed E-state index contributed by atoms with van der Waals surface area (Å²) >= 11 is 6.68. The fourth-order valence-electron chi connectivity index (χ4n) is 5.62. The molecule has 0 radical (unpaired) electrons. The van der Waals surface area contributed by atoms with Gasteiger partial charge in [-0.25, -0.2) is 0 Å². The fraction of sp³-hybridized carbons (Fsp3) is 0.310. The van der Waals surface area contributed by atoms with Crippen LogP contribution >= 0.6 is 11.6 Å². The summed E-state index contributed by atoms with van der Waals surface area (Å²) in [6.45, 7) is 1.96. The first-order valence-corrected chi connectivity index (χ1v) is 13.1. The number of imidazole rings is 1. The largest absolute Gasteiger partial charge is 0.456 e. The number of hydrogen-bond acceptors (Lipinski definition) is 5. The van der Waals surface area contributed by atoms with Crippen molar-refractivity contribution in [3.63, 3.8) is 0 Å². The third kappa shape index (κ3) is 4.17. The van der Waals surface area contributed by atoms with Crippen LogP contribution in [0.25, 0.3) is 33.3 Å². The van der Waals surface area contributed by atoms with E-state index in [0.717, 1.165) is 58.2 Å². The zero-order valence-corrected chi connectivity index (χ0v) is 20.8. The molecule has 3 saturated heterocycles. The lowest BCUT2D eigenvalue weighted by Gasteiger charge is -2.15. The van der Waals surface area contributed by atoms with E-state index in [-0.39, 0.29) is 30.1 Å². The zero-order chi connectivity index (χ0) is 24.9. The average molecular weight is 516 g/mol. The van der Waals surface area contributed by atoms with Crippen LogP contribution in [0.2, 0.25) is 5.02 Å². The third-order valence-corrected chi connectivity index (χ3v) is 7.94. The van der Waals surface area contributed by atoms with Crippen LogP contribution in [0.15, 0.2) is 60.7 Å². The maximum absolute atomic E-state index is 12.0. The van der Waals surface area contributed by atoms with Crippen molar-refractivity contribution in [2.24, 2.45) is 0 Å². The summed E-state index contributed by atoms with van der Waals surface area (Å²) in [7, 11) is 0. The van der Waals surface area contributed by atoms with Gasteiger partial charge < -0.3 is 24.5 Å². The van der Waals surface area contributed by atoms with Crippen molar-refractivity contribution >= 4 is 28.5 Å². The Labute approximate surface area is 219 Å². The van der Waals surface area contributed by atoms with E-state index in [4.69, 9.17) is 25.8 Å². The van der Waals surface area contributed by atoms with Gasteiger partial charge in [0.05, 0.1) is 34.7 Å². The molecule has 7 nitrogen and oxygen atoms in total. The van der Waals surface area contributed by atoms with E-state index in [0.29, 0.717) is 24.2 Å². The number of halogens is 1. The van der Waals surface area contributed by atoms with E-state index in [2.05, 4.69) is 63.8 Å². The maximum Gasteiger partial charge on any atom is 0.295 e. The summed E-state index contributed by atoms with van der Waals surface area (Å²) in [6, 6.07) is 20.9. The second-order valence-electron chi connectivity index (χ2n) is 9.87. The van der Waals surface area contributed by atoms with Gasteiger partial charge in [0.2, 0.25) is 5.91 Å². The topological polar surface area (TPSA) is 85.5 Å². The van der Waals surface area contributed by atoms with Gasteiger partial charge in [0, 0.05) is 18.7 Å². The number of fused-ring (bicyclic) bond motifs is 2. The highest BCUT2D eigenvalue weighted by atomic mass is 35.5. The Morgan fingerprint density at radius 3 is 2.46 bits per heavy atom. The van der Waals surface area contributed by atoms with Crippen LogP contribution in [0.5, 0.6) is 6.01 Å². The first-order valence-electron chi connectivity index (χ1n) is 12.7. The number of carbonyl (C=O) groups is 1. The minimum atomic E-state index is -0.167. The first kappa shape index (κ1) is 22.8. The first-order chi connectivity index (χ1) is 18.1. The van der Waals surface area contributed by atoms with E-state index in [1.807, 2.05) is 12.1 Å². The molecular weight excluding hydrogens is 490 g/mol. The second kappa shape index (κ2) is 9.17. The number of nitrogens with one attached hydrogen (secondary N) is 2. The molecule has 4 aromatic rings. The molecule has 37 heavy (non-hydrogen) atoms. The highest BCUT2D eigenvalue weighted by Crippen LogP contribution is 2.35. The molecule has 2 N–H and O–H groups in total. The number of hydrogen-bond donors (Lipinski definition) is 2. The molecule has 3 aliphatic heterocycles. The highest BCUT2D eigenvalue weighted by molar-refractivity contribution is 6.34. The lowest BCUT2D eigenvalue weighted by Crippen LogP contribution is -2.32. The lowest BCUT2D eigenvalue weighted by atomic mass is 9.94. The highest BCUT2D eigenvalue weighted by Gasteiger charge is 2.43. The number of H-pyrrole nitrogens is 1. The van der Waals surface area contributed by atoms with Crippen LogP contribution in [0, 0.1) is 0 Å². The Morgan fingerprint density at radius 1 is 0.946 bits per heavy atom. The molecule has 4 atom stereocenters. The summed E-state index contributed by atoms with van der Waals surface area (Å²) in [6.07, 6.45) is 1.67. The Kier molecular flexibility index (Phi) is 5.65. The molecule has 2 unspecified atom stereocenters. The molecule has 3 aliphatic rings. The Morgan fingerprint density at radius 2 is 1.70 bits per heavy atom. The number of amides is 1. The molecule has 0 bridgehead atoms. The molecule has 3 fully saturated rings. The summed E-state index contributed by atoms with van der Waals surface area (Å²) in [5.74, 6) is 0.0754. The molecule has 4 heterocycles. The van der Waals surface area contributed by atoms with Crippen molar-refractivity contribution < 1.29 is 19.0 Å². The molecular formula is C29H26ClN3O4. The molecule has 188 valence electrons. The number of aromatic amines is 1. The number of ether oxygens (including phenoxy) is 3. The number of carbonyl (C=O) groups excluding carboxylic acids is 1. The molecule has 1 aromatic heterocycles. The van der Waals surface area contributed by atoms with E-state index < -0.39 is 0 Å². The Hall–Kier alpha value is -3.39. The van der Waals surface area contributed by atoms with Crippen LogP contribution in [-0.4, -0.2) is 53.9 Å². The van der Waals surface area contributed by atoms with Gasteiger partial charge in [0.1, 0.15) is 6.10 Å². The Balaban J connectivity index is 1.10. The molecule has 3 aromatic carbocycles. The van der Waals surface area contributed by atoms with Crippen molar-refractivity contribution in [2.75, 3.05) is 19.8 Å². The van der Waals surface area contributed by atoms with Gasteiger partial charge in [0.25, 0.3) is 6.01 Å². The lowest BCUT2D eigenvalue weighted by molar-refractivity contribution is -0.120. The summed E-state index contributed by atoms with van der Waals surface area (Å²) in [5.41, 5.74) is 6.79. The third-order valence-electron chi connectivity index (χ3n) is 7.62. The van der Waals surface area contributed by atoms with Crippen molar-refractivity contribution in [2.45, 2.75) is 37.1 Å². The fourth-order valence-corrected chi connectivity index (χ4v) is 5.89. The number of benzene rings is 3. The standard InChI is InChI=1S/C29H26ClN3O4/c30-22-14-24-23(32-29(33-24)37-26-15-36-25-10-12-35-27(25)26)13-21(22)19-7-3-17(4-8-19)16-1-5-18(6-2-16)20-9-11-31-28(20)34/h1-8,13-14,20,25-27H,9-12,15H2,(H,31,34)(H,32,33)/t20?,25-,26?,27+/m1/s1. The monoisotopic (exact) mass is 515 g/mol. The minimum absolute atomic E-state index is 0.0377. The second-order valence-corrected chi connectivity index (χ2v) is 10.3. The van der Waals surface area contributed by atoms with Gasteiger partial charge in [-0.05, 0) is 47.2 Å². The van der Waals surface area contributed by atoms with Crippen LogP contribution in [-0.2, 0) is 14.3 Å². The maximum atomic E-state index is 12.0. The predicted octanol–water partition coefficient (Wildman–Crippen LogP) is 5.09. The van der Waals surface area contributed by atoms with Gasteiger partial charge >= 0.3 is 0 Å². The van der Waals surface area contributed by atoms with E-state index in [9.17, 15) is 4.79 Å². The normalized spacial score (nSPS) is 24.9. The average Bonchev–Trinajstić information content (AvgIpc) is 3.70. The number of aromatic nitrogens is 2. The van der Waals surface area contributed by atoms with E-state index >= 15 is 0 Å². The zero-order valence-electron chi connectivity index (χ0n) is 20.1. The predicted molar refractivity (Wildman–Crippen MR) is 141 cm³/mol. The molecule has 0 spiro atoms. The van der Waals surface area contributed by atoms with Crippen LogP contribution in [0.3, 0.4) is 0 Å². The Bertz CT molecular complexity index is 1470. The van der Waals surface area contributed by atoms with Gasteiger partial charge in [-0.15, -0.1) is 0 Å². The minimum Gasteiger partial charge on any atom is -0.456 e. The molecule has 1 amide bonds. The molecule has 7 rings (SSSR count). The molecule has 8 heteroatoms. The van der Waals surface area contributed by atoms with Crippen LogP contribution in [0.1, 0.15) is 24.3 Å². The SMILES string of the molecule is O=C1NCCC1c1ccc(-c2ccc(-c3cc4nc(OC5CO[C@@H]6CCO[C@H]56)[nH]c4cc3Cl)cc2)cc1. The summed E-state index contributed by atoms with van der Waals surface area (Å²) < 4.78 is 17.6. The van der Waals surface area contributed by atoms with Crippen molar-refractivity contribution in [3.05, 3.63) is 71.2 Å². The van der Waals surface area contributed by atoms with Crippen molar-refractivity contribution in [3.8, 4) is 28.3 Å². The smallest absolute Gasteiger partial charge is 0.295 e. The number of nitrogens with zero attached hydrogens (tertiary/aromatic N) is 1. The van der Waals surface area contributed by atoms with E-state index in [1.165, 1.54) is 0 Å². The van der Waals surface area contributed by atoms with Crippen molar-refractivity contribution in [1.82, 2.24) is 15.3 Å². The molecule has 0 saturated carbocycles. The van der Waals surface area contributed by atoms with Gasteiger partial charge in [0.15, 0.2) is 6.10 Å². The molecule has 0 aliphatic carbocycles. The quantitative estimate of drug-likeness (QED) is 0.387. The number of rotatable bonds is 5. The van der Waals surface area contributed by atoms with Gasteiger partial charge in [-0.2, -0.15) is 4.98 Å². The summed E-state index contributed by atoms with van der Waals surface area (Å²) in [4.78, 5) is 19.9. The van der Waals surface area contributed by atoms with Crippen molar-refractivity contribution in [1.29, 1.82) is 0 Å². The van der Waals surface area contributed by atoms with Crippen LogP contribution < -0.4 is 10.1 Å².